The van der Waals surface area contributed by atoms with Gasteiger partial charge in [0.25, 0.3) is 0 Å². The molecule has 0 aromatic heterocycles. The lowest BCUT2D eigenvalue weighted by Gasteiger charge is -2.46. The number of nitrogens with one attached hydrogen (secondary N) is 1. The van der Waals surface area contributed by atoms with Crippen molar-refractivity contribution in [3.05, 3.63) is 0 Å². The molecule has 0 spiro atoms. The van der Waals surface area contributed by atoms with Crippen molar-refractivity contribution in [2.45, 2.75) is 57.5 Å². The van der Waals surface area contributed by atoms with Gasteiger partial charge < -0.3 is 15.3 Å². The summed E-state index contributed by atoms with van der Waals surface area (Å²) in [7, 11) is 2.23. The van der Waals surface area contributed by atoms with Gasteiger partial charge in [-0.25, -0.2) is 0 Å². The zero-order valence-electron chi connectivity index (χ0n) is 14.5. The average Bonchev–Trinajstić information content (AvgIpc) is 2.84. The number of piperazine rings is 1. The predicted molar refractivity (Wildman–Crippen MR) is 88.6 cm³/mol. The van der Waals surface area contributed by atoms with Crippen LogP contribution in [0.4, 0.5) is 0 Å². The fourth-order valence-electron chi connectivity index (χ4n) is 4.28. The minimum atomic E-state index is -0.00313. The van der Waals surface area contributed by atoms with Crippen LogP contribution in [0.25, 0.3) is 0 Å². The first kappa shape index (κ1) is 17.2. The van der Waals surface area contributed by atoms with E-state index in [1.165, 1.54) is 32.4 Å². The zero-order valence-corrected chi connectivity index (χ0v) is 14.5. The molecule has 124 valence electrons. The van der Waals surface area contributed by atoms with Crippen molar-refractivity contribution >= 4 is 0 Å². The highest BCUT2D eigenvalue weighted by Gasteiger charge is 2.41. The lowest BCUT2D eigenvalue weighted by atomic mass is 9.85. The quantitative estimate of drug-likeness (QED) is 0.780. The van der Waals surface area contributed by atoms with E-state index >= 15 is 0 Å². The molecule has 2 atom stereocenters. The van der Waals surface area contributed by atoms with Crippen molar-refractivity contribution in [3.8, 4) is 0 Å². The van der Waals surface area contributed by atoms with Gasteiger partial charge in [0, 0.05) is 30.7 Å². The van der Waals surface area contributed by atoms with Gasteiger partial charge >= 0.3 is 0 Å². The molecular formula is C17H35N3O. The third kappa shape index (κ3) is 3.79. The van der Waals surface area contributed by atoms with Crippen LogP contribution in [-0.4, -0.2) is 72.4 Å². The van der Waals surface area contributed by atoms with Crippen molar-refractivity contribution < 1.29 is 5.11 Å². The monoisotopic (exact) mass is 297 g/mol. The Balaban J connectivity index is 1.87. The Labute approximate surface area is 130 Å². The molecule has 2 fully saturated rings. The Bertz CT molecular complexity index is 334. The van der Waals surface area contributed by atoms with Crippen molar-refractivity contribution in [2.75, 3.05) is 46.4 Å². The highest BCUT2D eigenvalue weighted by Crippen LogP contribution is 2.38. The number of nitrogens with zero attached hydrogens (tertiary/aromatic N) is 2. The number of hydrogen-bond acceptors (Lipinski definition) is 4. The topological polar surface area (TPSA) is 38.7 Å². The van der Waals surface area contributed by atoms with E-state index in [1.54, 1.807) is 0 Å². The second kappa shape index (κ2) is 6.95. The Kier molecular flexibility index (Phi) is 5.69. The molecule has 1 saturated heterocycles. The van der Waals surface area contributed by atoms with E-state index in [4.69, 9.17) is 0 Å². The van der Waals surface area contributed by atoms with Gasteiger partial charge in [-0.1, -0.05) is 13.3 Å². The molecule has 21 heavy (non-hydrogen) atoms. The van der Waals surface area contributed by atoms with Crippen LogP contribution in [0.1, 0.15) is 46.5 Å². The summed E-state index contributed by atoms with van der Waals surface area (Å²) in [5.74, 6) is 0.630. The summed E-state index contributed by atoms with van der Waals surface area (Å²) in [6, 6.07) is 0. The molecular weight excluding hydrogens is 262 g/mol. The van der Waals surface area contributed by atoms with E-state index < -0.39 is 0 Å². The Morgan fingerprint density at radius 3 is 2.67 bits per heavy atom. The summed E-state index contributed by atoms with van der Waals surface area (Å²) in [6.07, 6.45) is 4.88. The fourth-order valence-corrected chi connectivity index (χ4v) is 4.28. The molecule has 2 rings (SSSR count). The van der Waals surface area contributed by atoms with E-state index in [9.17, 15) is 5.11 Å². The number of aliphatic hydroxyl groups excluding tert-OH is 1. The highest BCUT2D eigenvalue weighted by atomic mass is 16.3. The molecule has 2 unspecified atom stereocenters. The van der Waals surface area contributed by atoms with E-state index in [0.717, 1.165) is 26.1 Å². The summed E-state index contributed by atoms with van der Waals surface area (Å²) in [6.45, 7) is 12.7. The Hall–Kier alpha value is -0.160. The van der Waals surface area contributed by atoms with E-state index in [0.29, 0.717) is 12.5 Å². The number of likely N-dealkylation sites (N-methyl/N-ethyl adjacent to an activating group) is 2. The van der Waals surface area contributed by atoms with Crippen molar-refractivity contribution in [1.29, 1.82) is 0 Å². The van der Waals surface area contributed by atoms with Crippen LogP contribution in [0.5, 0.6) is 0 Å². The molecule has 2 aliphatic rings. The molecule has 0 aromatic rings. The molecule has 2 N–H and O–H groups in total. The maximum Gasteiger partial charge on any atom is 0.0616 e. The first-order valence-electron chi connectivity index (χ1n) is 8.73. The van der Waals surface area contributed by atoms with Gasteiger partial charge in [-0.2, -0.15) is 0 Å². The van der Waals surface area contributed by atoms with E-state index in [-0.39, 0.29) is 11.1 Å². The smallest absolute Gasteiger partial charge is 0.0616 e. The van der Waals surface area contributed by atoms with Gasteiger partial charge in [-0.3, -0.25) is 4.90 Å². The normalized spacial score (nSPS) is 34.4. The van der Waals surface area contributed by atoms with Gasteiger partial charge in [0.05, 0.1) is 6.61 Å². The average molecular weight is 297 g/mol. The maximum absolute atomic E-state index is 9.89. The zero-order chi connectivity index (χ0) is 15.5. The van der Waals surface area contributed by atoms with Gasteiger partial charge in [-0.05, 0) is 59.2 Å². The molecule has 1 aliphatic heterocycles. The molecule has 0 aromatic carbocycles. The highest BCUT2D eigenvalue weighted by molar-refractivity contribution is 4.99. The molecule has 1 heterocycles. The second-order valence-corrected chi connectivity index (χ2v) is 7.73. The Morgan fingerprint density at radius 1 is 1.29 bits per heavy atom. The predicted octanol–water partition coefficient (Wildman–Crippen LogP) is 1.54. The number of aliphatic hydroxyl groups is 1. The van der Waals surface area contributed by atoms with Crippen LogP contribution in [0.2, 0.25) is 0 Å². The van der Waals surface area contributed by atoms with Gasteiger partial charge in [0.1, 0.15) is 0 Å². The first-order valence-corrected chi connectivity index (χ1v) is 8.73. The summed E-state index contributed by atoms with van der Waals surface area (Å²) in [5, 5.41) is 13.5. The molecule has 0 bridgehead atoms. The van der Waals surface area contributed by atoms with Crippen LogP contribution in [0.15, 0.2) is 0 Å². The minimum Gasteiger partial charge on any atom is -0.394 e. The number of hydrogen-bond donors (Lipinski definition) is 2. The Morgan fingerprint density at radius 2 is 2.05 bits per heavy atom. The lowest BCUT2D eigenvalue weighted by molar-refractivity contribution is 0.0326. The second-order valence-electron chi connectivity index (χ2n) is 7.73. The largest absolute Gasteiger partial charge is 0.394 e. The van der Waals surface area contributed by atoms with Gasteiger partial charge in [0.2, 0.25) is 0 Å². The van der Waals surface area contributed by atoms with Crippen LogP contribution >= 0.6 is 0 Å². The van der Waals surface area contributed by atoms with Gasteiger partial charge in [0.15, 0.2) is 0 Å². The lowest BCUT2D eigenvalue weighted by Crippen LogP contribution is -2.58. The van der Waals surface area contributed by atoms with Crippen molar-refractivity contribution in [3.63, 3.8) is 0 Å². The maximum atomic E-state index is 9.89. The standard InChI is InChI=1S/C17H35N3O/c1-5-18-17(14-21)9-6-7-15(17)8-10-20-12-11-19(4)16(2,3)13-20/h15,18,21H,5-14H2,1-4H3. The van der Waals surface area contributed by atoms with Crippen molar-refractivity contribution in [1.82, 2.24) is 15.1 Å². The fraction of sp³-hybridized carbons (Fsp3) is 1.00. The molecule has 1 aliphatic carbocycles. The van der Waals surface area contributed by atoms with Crippen LogP contribution in [-0.2, 0) is 0 Å². The summed E-state index contributed by atoms with van der Waals surface area (Å²) in [4.78, 5) is 5.09. The SMILES string of the molecule is CCNC1(CO)CCCC1CCN1CCN(C)C(C)(C)C1. The van der Waals surface area contributed by atoms with E-state index in [1.807, 2.05) is 0 Å². The molecule has 0 amide bonds. The van der Waals surface area contributed by atoms with Crippen LogP contribution in [0.3, 0.4) is 0 Å². The van der Waals surface area contributed by atoms with Crippen LogP contribution in [0, 0.1) is 5.92 Å². The number of rotatable bonds is 6. The summed E-state index contributed by atoms with van der Waals surface area (Å²) < 4.78 is 0. The van der Waals surface area contributed by atoms with Crippen molar-refractivity contribution in [2.24, 2.45) is 5.92 Å². The third-order valence-corrected chi connectivity index (χ3v) is 5.96. The molecule has 4 nitrogen and oxygen atoms in total. The van der Waals surface area contributed by atoms with Gasteiger partial charge in [-0.15, -0.1) is 0 Å². The molecule has 0 radical (unpaired) electrons. The molecule has 4 heteroatoms. The minimum absolute atomic E-state index is 0.00313. The third-order valence-electron chi connectivity index (χ3n) is 5.96. The van der Waals surface area contributed by atoms with E-state index in [2.05, 4.69) is 42.9 Å². The summed E-state index contributed by atoms with van der Waals surface area (Å²) >= 11 is 0. The first-order chi connectivity index (χ1) is 9.93. The summed E-state index contributed by atoms with van der Waals surface area (Å²) in [5.41, 5.74) is 0.278. The molecule has 1 saturated carbocycles. The van der Waals surface area contributed by atoms with Crippen LogP contribution < -0.4 is 5.32 Å².